The van der Waals surface area contributed by atoms with E-state index in [1.54, 1.807) is 6.20 Å². The van der Waals surface area contributed by atoms with Crippen molar-refractivity contribution in [1.82, 2.24) is 15.0 Å². The minimum Gasteiger partial charge on any atom is -0.368 e. The molecule has 5 N–H and O–H groups in total. The van der Waals surface area contributed by atoms with Crippen LogP contribution in [-0.4, -0.2) is 15.0 Å². The normalized spacial score (nSPS) is 11.1. The van der Waals surface area contributed by atoms with Crippen molar-refractivity contribution in [1.29, 1.82) is 0 Å². The van der Waals surface area contributed by atoms with Gasteiger partial charge in [-0.2, -0.15) is 4.98 Å². The largest absolute Gasteiger partial charge is 0.368 e. The zero-order chi connectivity index (χ0) is 23.3. The number of rotatable bonds is 8. The van der Waals surface area contributed by atoms with Gasteiger partial charge in [-0.25, -0.2) is 4.98 Å². The Hall–Kier alpha value is -3.77. The summed E-state index contributed by atoms with van der Waals surface area (Å²) < 4.78 is 0. The lowest BCUT2D eigenvalue weighted by molar-refractivity contribution is 0.976. The van der Waals surface area contributed by atoms with Gasteiger partial charge in [0.2, 0.25) is 5.95 Å². The smallest absolute Gasteiger partial charge is 0.222 e. The third kappa shape index (κ3) is 7.49. The van der Waals surface area contributed by atoms with E-state index in [0.717, 1.165) is 40.2 Å². The highest BCUT2D eigenvalue weighted by Crippen LogP contribution is 2.21. The standard InChI is InChI=1S/C24H26N6.C2H6/c1-3-20(10-9-17(2)13-18-11-12-27-21(14-18)16-25)28-23-15-22(29-24(26)30-23)19-7-5-4-6-8-19;1-2/h3-12,14-15H,2,13,16,25H2,1H3,(H3,26,28,29,30);1-2H3/b10-9-,20-3+;. The molecule has 0 bridgehead atoms. The second-order valence-corrected chi connectivity index (χ2v) is 6.76. The van der Waals surface area contributed by atoms with Crippen LogP contribution in [0.4, 0.5) is 11.8 Å². The van der Waals surface area contributed by atoms with Gasteiger partial charge in [-0.1, -0.05) is 68.5 Å². The second kappa shape index (κ2) is 12.8. The molecule has 3 aromatic rings. The number of nitrogen functional groups attached to an aromatic ring is 1. The summed E-state index contributed by atoms with van der Waals surface area (Å²) in [4.78, 5) is 12.9. The van der Waals surface area contributed by atoms with Crippen molar-refractivity contribution < 1.29 is 0 Å². The van der Waals surface area contributed by atoms with E-state index in [9.17, 15) is 0 Å². The van der Waals surface area contributed by atoms with Gasteiger partial charge in [0.25, 0.3) is 0 Å². The number of nitrogens with one attached hydrogen (secondary N) is 1. The Labute approximate surface area is 190 Å². The zero-order valence-electron chi connectivity index (χ0n) is 19.0. The molecule has 0 saturated heterocycles. The molecule has 6 nitrogen and oxygen atoms in total. The summed E-state index contributed by atoms with van der Waals surface area (Å²) >= 11 is 0. The lowest BCUT2D eigenvalue weighted by atomic mass is 10.1. The Morgan fingerprint density at radius 1 is 1.06 bits per heavy atom. The van der Waals surface area contributed by atoms with Gasteiger partial charge in [0.15, 0.2) is 0 Å². The van der Waals surface area contributed by atoms with Gasteiger partial charge in [-0.3, -0.25) is 4.98 Å². The number of pyridine rings is 1. The van der Waals surface area contributed by atoms with Crippen LogP contribution in [0.2, 0.25) is 0 Å². The summed E-state index contributed by atoms with van der Waals surface area (Å²) in [6.45, 7) is 10.5. The summed E-state index contributed by atoms with van der Waals surface area (Å²) in [7, 11) is 0. The SMILES string of the molecule is C=C(/C=C\C(=C/C)Nc1cc(-c2ccccc2)nc(N)n1)Cc1ccnc(CN)c1.CC. The monoisotopic (exact) mass is 428 g/mol. The molecule has 2 aromatic heterocycles. The first-order valence-corrected chi connectivity index (χ1v) is 10.7. The van der Waals surface area contributed by atoms with Crippen molar-refractivity contribution >= 4 is 11.8 Å². The third-order valence-corrected chi connectivity index (χ3v) is 4.42. The maximum Gasteiger partial charge on any atom is 0.222 e. The molecule has 0 fully saturated rings. The fourth-order valence-electron chi connectivity index (χ4n) is 2.92. The molecular weight excluding hydrogens is 396 g/mol. The first kappa shape index (κ1) is 24.5. The molecule has 6 heteroatoms. The van der Waals surface area contributed by atoms with Crippen LogP contribution in [0.1, 0.15) is 32.0 Å². The predicted octanol–water partition coefficient (Wildman–Crippen LogP) is 5.28. The van der Waals surface area contributed by atoms with E-state index in [1.807, 2.05) is 87.5 Å². The van der Waals surface area contributed by atoms with Gasteiger partial charge in [-0.15, -0.1) is 0 Å². The number of nitrogens with zero attached hydrogens (tertiary/aromatic N) is 3. The van der Waals surface area contributed by atoms with Gasteiger partial charge in [0, 0.05) is 30.1 Å². The Morgan fingerprint density at radius 3 is 2.50 bits per heavy atom. The Bertz CT molecular complexity index is 1070. The van der Waals surface area contributed by atoms with E-state index >= 15 is 0 Å². The van der Waals surface area contributed by atoms with Crippen LogP contribution in [0.25, 0.3) is 11.3 Å². The van der Waals surface area contributed by atoms with E-state index in [1.165, 1.54) is 0 Å². The number of benzene rings is 1. The number of allylic oxidation sites excluding steroid dienone is 4. The minimum atomic E-state index is 0.219. The van der Waals surface area contributed by atoms with E-state index in [4.69, 9.17) is 11.5 Å². The first-order valence-electron chi connectivity index (χ1n) is 10.7. The van der Waals surface area contributed by atoms with Crippen LogP contribution >= 0.6 is 0 Å². The summed E-state index contributed by atoms with van der Waals surface area (Å²) in [5, 5.41) is 3.29. The van der Waals surface area contributed by atoms with E-state index in [-0.39, 0.29) is 5.95 Å². The van der Waals surface area contributed by atoms with Crippen LogP contribution in [0.15, 0.2) is 90.8 Å². The molecule has 0 radical (unpaired) electrons. The van der Waals surface area contributed by atoms with Gasteiger partial charge in [0.1, 0.15) is 5.82 Å². The number of hydrogen-bond acceptors (Lipinski definition) is 6. The molecule has 0 atom stereocenters. The molecular formula is C26H32N6. The average molecular weight is 429 g/mol. The lowest BCUT2D eigenvalue weighted by Crippen LogP contribution is -2.04. The molecule has 0 aliphatic carbocycles. The van der Waals surface area contributed by atoms with Gasteiger partial charge >= 0.3 is 0 Å². The summed E-state index contributed by atoms with van der Waals surface area (Å²) in [6.07, 6.45) is 8.41. The van der Waals surface area contributed by atoms with Crippen molar-refractivity contribution in [2.45, 2.75) is 33.7 Å². The Kier molecular flexibility index (Phi) is 9.81. The number of anilines is 2. The molecule has 1 aromatic carbocycles. The summed E-state index contributed by atoms with van der Waals surface area (Å²) in [6, 6.07) is 15.7. The third-order valence-electron chi connectivity index (χ3n) is 4.42. The molecule has 0 amide bonds. The quantitative estimate of drug-likeness (QED) is 0.422. The fraction of sp³-hybridized carbons (Fsp3) is 0.192. The highest BCUT2D eigenvalue weighted by molar-refractivity contribution is 5.65. The molecule has 0 saturated carbocycles. The summed E-state index contributed by atoms with van der Waals surface area (Å²) in [5.41, 5.74) is 17.2. The average Bonchev–Trinajstić information content (AvgIpc) is 2.83. The van der Waals surface area contributed by atoms with Crippen molar-refractivity contribution in [3.8, 4) is 11.3 Å². The van der Waals surface area contributed by atoms with Crippen molar-refractivity contribution in [3.63, 3.8) is 0 Å². The number of nitrogens with two attached hydrogens (primary N) is 2. The van der Waals surface area contributed by atoms with Crippen LogP contribution in [0.3, 0.4) is 0 Å². The topological polar surface area (TPSA) is 103 Å². The van der Waals surface area contributed by atoms with Crippen molar-refractivity contribution in [2.75, 3.05) is 11.1 Å². The van der Waals surface area contributed by atoms with E-state index < -0.39 is 0 Å². The van der Waals surface area contributed by atoms with Gasteiger partial charge in [0.05, 0.1) is 11.4 Å². The highest BCUT2D eigenvalue weighted by atomic mass is 15.1. The predicted molar refractivity (Wildman–Crippen MR) is 135 cm³/mol. The Balaban J connectivity index is 0.00000176. The zero-order valence-corrected chi connectivity index (χ0v) is 19.0. The molecule has 166 valence electrons. The molecule has 0 unspecified atom stereocenters. The van der Waals surface area contributed by atoms with Crippen LogP contribution < -0.4 is 16.8 Å². The van der Waals surface area contributed by atoms with Crippen molar-refractivity contribution in [3.05, 3.63) is 102 Å². The van der Waals surface area contributed by atoms with Gasteiger partial charge in [-0.05, 0) is 37.1 Å². The molecule has 2 heterocycles. The minimum absolute atomic E-state index is 0.219. The summed E-state index contributed by atoms with van der Waals surface area (Å²) in [5.74, 6) is 0.850. The van der Waals surface area contributed by atoms with Crippen LogP contribution in [0, 0.1) is 0 Å². The molecule has 0 aliphatic rings. The van der Waals surface area contributed by atoms with E-state index in [0.29, 0.717) is 12.4 Å². The van der Waals surface area contributed by atoms with E-state index in [2.05, 4.69) is 26.8 Å². The first-order chi connectivity index (χ1) is 15.6. The van der Waals surface area contributed by atoms with Gasteiger partial charge < -0.3 is 16.8 Å². The van der Waals surface area contributed by atoms with Crippen LogP contribution in [0.5, 0.6) is 0 Å². The van der Waals surface area contributed by atoms with Crippen LogP contribution in [-0.2, 0) is 13.0 Å². The molecule has 0 aliphatic heterocycles. The fourth-order valence-corrected chi connectivity index (χ4v) is 2.92. The molecule has 3 rings (SSSR count). The number of hydrogen-bond donors (Lipinski definition) is 3. The molecule has 0 spiro atoms. The maximum atomic E-state index is 5.92. The van der Waals surface area contributed by atoms with Crippen molar-refractivity contribution in [2.24, 2.45) is 5.73 Å². The Morgan fingerprint density at radius 2 is 1.81 bits per heavy atom. The lowest BCUT2D eigenvalue weighted by Gasteiger charge is -2.09. The highest BCUT2D eigenvalue weighted by Gasteiger charge is 2.05. The molecule has 32 heavy (non-hydrogen) atoms. The maximum absolute atomic E-state index is 5.92. The number of aromatic nitrogens is 3. The second-order valence-electron chi connectivity index (χ2n) is 6.76.